The Morgan fingerprint density at radius 2 is 1.91 bits per heavy atom. The van der Waals surface area contributed by atoms with Gasteiger partial charge in [-0.2, -0.15) is 0 Å². The standard InChI is InChI=1S/C13H19N5O3S/c1-13(2,3)15-12(22)17-16-11(19)8-5-6-9(14-4)10(7-8)18(20)21/h5-7,14H,1-4H3,(H,16,19)(H2,15,17,22). The van der Waals surface area contributed by atoms with Crippen LogP contribution in [-0.2, 0) is 0 Å². The Balaban J connectivity index is 2.76. The topological polar surface area (TPSA) is 108 Å². The van der Waals surface area contributed by atoms with E-state index in [4.69, 9.17) is 12.2 Å². The molecular weight excluding hydrogens is 306 g/mol. The highest BCUT2D eigenvalue weighted by Crippen LogP contribution is 2.24. The molecule has 9 heteroatoms. The maximum atomic E-state index is 12.0. The molecule has 1 amide bonds. The van der Waals surface area contributed by atoms with Crippen molar-refractivity contribution >= 4 is 34.6 Å². The van der Waals surface area contributed by atoms with Gasteiger partial charge in [-0.25, -0.2) is 0 Å². The highest BCUT2D eigenvalue weighted by molar-refractivity contribution is 7.80. The highest BCUT2D eigenvalue weighted by Gasteiger charge is 2.17. The summed E-state index contributed by atoms with van der Waals surface area (Å²) < 4.78 is 0. The number of nitro benzene ring substituents is 1. The molecule has 0 saturated carbocycles. The number of carbonyl (C=O) groups is 1. The van der Waals surface area contributed by atoms with Crippen LogP contribution in [0.1, 0.15) is 31.1 Å². The second kappa shape index (κ2) is 7.03. The number of amides is 1. The number of nitro groups is 1. The molecule has 0 unspecified atom stereocenters. The van der Waals surface area contributed by atoms with Crippen molar-refractivity contribution in [2.24, 2.45) is 0 Å². The van der Waals surface area contributed by atoms with Gasteiger partial charge in [0.2, 0.25) is 0 Å². The minimum absolute atomic E-state index is 0.150. The van der Waals surface area contributed by atoms with E-state index in [-0.39, 0.29) is 21.9 Å². The van der Waals surface area contributed by atoms with E-state index in [2.05, 4.69) is 21.5 Å². The van der Waals surface area contributed by atoms with Crippen molar-refractivity contribution in [2.75, 3.05) is 12.4 Å². The molecule has 0 bridgehead atoms. The summed E-state index contributed by atoms with van der Waals surface area (Å²) in [6, 6.07) is 4.15. The molecule has 0 spiro atoms. The van der Waals surface area contributed by atoms with Gasteiger partial charge in [0.05, 0.1) is 4.92 Å². The van der Waals surface area contributed by atoms with Crippen molar-refractivity contribution in [2.45, 2.75) is 26.3 Å². The second-order valence-corrected chi connectivity index (χ2v) is 5.93. The lowest BCUT2D eigenvalue weighted by molar-refractivity contribution is -0.384. The summed E-state index contributed by atoms with van der Waals surface area (Å²) in [6.45, 7) is 5.76. The fraction of sp³-hybridized carbons (Fsp3) is 0.385. The molecule has 4 N–H and O–H groups in total. The summed E-state index contributed by atoms with van der Waals surface area (Å²) in [6.07, 6.45) is 0. The Morgan fingerprint density at radius 1 is 1.27 bits per heavy atom. The summed E-state index contributed by atoms with van der Waals surface area (Å²) in [5.74, 6) is -0.524. The number of hydrazine groups is 1. The second-order valence-electron chi connectivity index (χ2n) is 5.52. The van der Waals surface area contributed by atoms with Gasteiger partial charge in [-0.3, -0.25) is 25.8 Å². The van der Waals surface area contributed by atoms with Crippen molar-refractivity contribution in [3.8, 4) is 0 Å². The Morgan fingerprint density at radius 3 is 2.41 bits per heavy atom. The van der Waals surface area contributed by atoms with E-state index in [1.165, 1.54) is 18.2 Å². The largest absolute Gasteiger partial charge is 0.383 e. The zero-order valence-electron chi connectivity index (χ0n) is 12.8. The maximum Gasteiger partial charge on any atom is 0.293 e. The third-order valence-electron chi connectivity index (χ3n) is 2.50. The molecule has 0 saturated heterocycles. The molecule has 1 aromatic rings. The molecule has 0 aliphatic carbocycles. The number of hydrogen-bond donors (Lipinski definition) is 4. The third-order valence-corrected chi connectivity index (χ3v) is 2.71. The Labute approximate surface area is 133 Å². The molecule has 1 aromatic carbocycles. The summed E-state index contributed by atoms with van der Waals surface area (Å²) in [4.78, 5) is 22.4. The molecule has 0 radical (unpaired) electrons. The van der Waals surface area contributed by atoms with Crippen LogP contribution >= 0.6 is 12.2 Å². The number of carbonyl (C=O) groups excluding carboxylic acids is 1. The molecule has 0 atom stereocenters. The van der Waals surface area contributed by atoms with Crippen molar-refractivity contribution in [3.63, 3.8) is 0 Å². The molecule has 0 aromatic heterocycles. The van der Waals surface area contributed by atoms with Crippen molar-refractivity contribution < 1.29 is 9.72 Å². The van der Waals surface area contributed by atoms with E-state index < -0.39 is 10.8 Å². The van der Waals surface area contributed by atoms with Crippen LogP contribution in [0.15, 0.2) is 18.2 Å². The van der Waals surface area contributed by atoms with Crippen LogP contribution in [0.25, 0.3) is 0 Å². The van der Waals surface area contributed by atoms with Crippen molar-refractivity contribution in [3.05, 3.63) is 33.9 Å². The SMILES string of the molecule is CNc1ccc(C(=O)NNC(=S)NC(C)(C)C)cc1[N+](=O)[O-]. The number of thiocarbonyl (C=S) groups is 1. The number of hydrogen-bond acceptors (Lipinski definition) is 5. The van der Waals surface area contributed by atoms with Crippen LogP contribution in [0.2, 0.25) is 0 Å². The lowest BCUT2D eigenvalue weighted by atomic mass is 10.1. The predicted octanol–water partition coefficient (Wildman–Crippen LogP) is 1.54. The zero-order valence-corrected chi connectivity index (χ0v) is 13.6. The van der Waals surface area contributed by atoms with E-state index in [0.29, 0.717) is 5.69 Å². The van der Waals surface area contributed by atoms with Gasteiger partial charge in [0, 0.05) is 24.2 Å². The van der Waals surface area contributed by atoms with Crippen LogP contribution in [-0.4, -0.2) is 28.5 Å². The zero-order chi connectivity index (χ0) is 16.9. The lowest BCUT2D eigenvalue weighted by Gasteiger charge is -2.23. The third kappa shape index (κ3) is 5.17. The first kappa shape index (κ1) is 17.6. The van der Waals surface area contributed by atoms with Gasteiger partial charge in [0.1, 0.15) is 5.69 Å². The smallest absolute Gasteiger partial charge is 0.293 e. The normalized spacial score (nSPS) is 10.5. The van der Waals surface area contributed by atoms with Crippen LogP contribution in [0.5, 0.6) is 0 Å². The van der Waals surface area contributed by atoms with Crippen LogP contribution in [0.4, 0.5) is 11.4 Å². The van der Waals surface area contributed by atoms with Crippen LogP contribution in [0, 0.1) is 10.1 Å². The molecule has 0 aliphatic heterocycles. The van der Waals surface area contributed by atoms with Gasteiger partial charge in [0.25, 0.3) is 11.6 Å². The quantitative estimate of drug-likeness (QED) is 0.379. The average molecular weight is 325 g/mol. The van der Waals surface area contributed by atoms with Gasteiger partial charge in [-0.1, -0.05) is 0 Å². The molecule has 22 heavy (non-hydrogen) atoms. The van der Waals surface area contributed by atoms with Gasteiger partial charge >= 0.3 is 0 Å². The van der Waals surface area contributed by atoms with Crippen molar-refractivity contribution in [1.29, 1.82) is 0 Å². The van der Waals surface area contributed by atoms with E-state index in [1.54, 1.807) is 7.05 Å². The monoisotopic (exact) mass is 325 g/mol. The summed E-state index contributed by atoms with van der Waals surface area (Å²) in [5, 5.41) is 16.9. The fourth-order valence-corrected chi connectivity index (χ4v) is 1.95. The predicted molar refractivity (Wildman–Crippen MR) is 88.7 cm³/mol. The van der Waals surface area contributed by atoms with Crippen LogP contribution < -0.4 is 21.5 Å². The van der Waals surface area contributed by atoms with E-state index >= 15 is 0 Å². The molecule has 0 heterocycles. The van der Waals surface area contributed by atoms with E-state index in [0.717, 1.165) is 0 Å². The minimum Gasteiger partial charge on any atom is -0.383 e. The first-order valence-corrected chi connectivity index (χ1v) is 6.89. The molecule has 0 aliphatic rings. The fourth-order valence-electron chi connectivity index (χ4n) is 1.59. The highest BCUT2D eigenvalue weighted by atomic mass is 32.1. The van der Waals surface area contributed by atoms with Crippen LogP contribution in [0.3, 0.4) is 0 Å². The van der Waals surface area contributed by atoms with E-state index in [1.807, 2.05) is 20.8 Å². The molecular formula is C13H19N5O3S. The number of rotatable bonds is 3. The number of nitrogens with one attached hydrogen (secondary N) is 4. The van der Waals surface area contributed by atoms with Gasteiger partial charge in [-0.15, -0.1) is 0 Å². The average Bonchev–Trinajstić information content (AvgIpc) is 2.42. The van der Waals surface area contributed by atoms with Gasteiger partial charge in [0.15, 0.2) is 5.11 Å². The summed E-state index contributed by atoms with van der Waals surface area (Å²) in [5.41, 5.74) is 5.00. The number of benzene rings is 1. The summed E-state index contributed by atoms with van der Waals surface area (Å²) in [7, 11) is 1.57. The van der Waals surface area contributed by atoms with Crippen molar-refractivity contribution in [1.82, 2.24) is 16.2 Å². The maximum absolute atomic E-state index is 12.0. The Hall–Kier alpha value is -2.42. The number of nitrogens with zero attached hydrogens (tertiary/aromatic N) is 1. The molecule has 0 fully saturated rings. The molecule has 1 rings (SSSR count). The molecule has 120 valence electrons. The Kier molecular flexibility index (Phi) is 5.63. The van der Waals surface area contributed by atoms with Gasteiger partial charge in [-0.05, 0) is 45.1 Å². The summed E-state index contributed by atoms with van der Waals surface area (Å²) >= 11 is 5.02. The molecule has 8 nitrogen and oxygen atoms in total. The first-order valence-electron chi connectivity index (χ1n) is 6.49. The Bertz CT molecular complexity index is 598. The lowest BCUT2D eigenvalue weighted by Crippen LogP contribution is -2.52. The van der Waals surface area contributed by atoms with E-state index in [9.17, 15) is 14.9 Å². The van der Waals surface area contributed by atoms with Gasteiger partial charge < -0.3 is 10.6 Å². The first-order chi connectivity index (χ1) is 10.1. The number of anilines is 1. The minimum atomic E-state index is -0.554.